The number of hydrogen-bond acceptors (Lipinski definition) is 4. The fourth-order valence-electron chi connectivity index (χ4n) is 2.54. The molecule has 158 valence electrons. The van der Waals surface area contributed by atoms with E-state index in [-0.39, 0.29) is 16.5 Å². The second-order valence-electron chi connectivity index (χ2n) is 6.11. The van der Waals surface area contributed by atoms with Crippen LogP contribution in [-0.2, 0) is 4.79 Å². The van der Waals surface area contributed by atoms with Crippen LogP contribution < -0.4 is 16.4 Å². The lowest BCUT2D eigenvalue weighted by Gasteiger charge is -2.13. The molecule has 0 radical (unpaired) electrons. The van der Waals surface area contributed by atoms with Crippen LogP contribution in [0.25, 0.3) is 11.8 Å². The van der Waals surface area contributed by atoms with Crippen molar-refractivity contribution in [2.45, 2.75) is 0 Å². The molecule has 3 aromatic rings. The van der Waals surface area contributed by atoms with E-state index < -0.39 is 11.8 Å². The Morgan fingerprint density at radius 3 is 2.61 bits per heavy atom. The van der Waals surface area contributed by atoms with Gasteiger partial charge in [-0.25, -0.2) is 4.68 Å². The Morgan fingerprint density at radius 2 is 1.94 bits per heavy atom. The number of amides is 2. The minimum Gasteiger partial charge on any atom is -0.365 e. The lowest BCUT2D eigenvalue weighted by atomic mass is 10.2. The van der Waals surface area contributed by atoms with Gasteiger partial charge in [-0.3, -0.25) is 14.9 Å². The lowest BCUT2D eigenvalue weighted by Crippen LogP contribution is -2.34. The number of aromatic nitrogens is 2. The van der Waals surface area contributed by atoms with Gasteiger partial charge >= 0.3 is 0 Å². The lowest BCUT2D eigenvalue weighted by molar-refractivity contribution is -0.115. The van der Waals surface area contributed by atoms with E-state index in [2.05, 4.69) is 31.7 Å². The molecule has 0 aliphatic heterocycles. The van der Waals surface area contributed by atoms with Crippen LogP contribution in [0.3, 0.4) is 0 Å². The molecule has 4 N–H and O–H groups in total. The van der Waals surface area contributed by atoms with Gasteiger partial charge in [0.25, 0.3) is 5.91 Å². The predicted molar refractivity (Wildman–Crippen MR) is 130 cm³/mol. The molecule has 0 unspecified atom stereocenters. The third-order valence-electron chi connectivity index (χ3n) is 3.93. The van der Waals surface area contributed by atoms with Crippen LogP contribution in [0.1, 0.15) is 15.9 Å². The average molecular weight is 539 g/mol. The summed E-state index contributed by atoms with van der Waals surface area (Å²) < 4.78 is 2.26. The largest absolute Gasteiger partial charge is 0.365 e. The van der Waals surface area contributed by atoms with Gasteiger partial charge in [-0.05, 0) is 54.2 Å². The summed E-state index contributed by atoms with van der Waals surface area (Å²) in [6, 6.07) is 12.2. The smallest absolute Gasteiger partial charge is 0.254 e. The van der Waals surface area contributed by atoms with Crippen molar-refractivity contribution in [3.05, 3.63) is 80.4 Å². The Labute approximate surface area is 201 Å². The van der Waals surface area contributed by atoms with Crippen LogP contribution in [0.2, 0.25) is 10.0 Å². The summed E-state index contributed by atoms with van der Waals surface area (Å²) in [5.41, 5.74) is 6.85. The second-order valence-corrected chi connectivity index (χ2v) is 8.25. The van der Waals surface area contributed by atoms with E-state index in [1.807, 2.05) is 24.3 Å². The summed E-state index contributed by atoms with van der Waals surface area (Å²) >= 11 is 20.6. The molecule has 7 nitrogen and oxygen atoms in total. The highest BCUT2D eigenvalue weighted by Gasteiger charge is 2.18. The number of nitrogens with one attached hydrogen (secondary N) is 2. The number of nitrogens with two attached hydrogens (primary N) is 1. The summed E-state index contributed by atoms with van der Waals surface area (Å²) in [4.78, 5) is 24.0. The van der Waals surface area contributed by atoms with Crippen molar-refractivity contribution in [2.75, 3.05) is 5.32 Å². The number of hydrogen-bond donors (Lipinski definition) is 3. The van der Waals surface area contributed by atoms with Crippen LogP contribution >= 0.6 is 51.3 Å². The summed E-state index contributed by atoms with van der Waals surface area (Å²) in [6.45, 7) is 0. The Balaban J connectivity index is 1.78. The van der Waals surface area contributed by atoms with Gasteiger partial charge in [0.2, 0.25) is 5.91 Å². The summed E-state index contributed by atoms with van der Waals surface area (Å²) in [7, 11) is 0. The minimum atomic E-state index is -0.725. The Morgan fingerprint density at radius 1 is 1.16 bits per heavy atom. The SMILES string of the molecule is NC(=O)c1cnn(-c2ccc(Cl)c(Cl)c2)c1NC(=S)NC(=O)C=Cc1cccc(Br)c1. The number of thiocarbonyl (C=S) groups is 1. The van der Waals surface area contributed by atoms with Crippen LogP contribution in [0, 0.1) is 0 Å². The van der Waals surface area contributed by atoms with E-state index in [1.54, 1.807) is 24.3 Å². The van der Waals surface area contributed by atoms with Gasteiger partial charge in [-0.15, -0.1) is 0 Å². The standard InChI is InChI=1S/C20H14BrCl2N5O2S/c21-12-3-1-2-11(8-12)4-7-17(29)26-20(31)27-19-14(18(24)30)10-25-28(19)13-5-6-15(22)16(23)9-13/h1-10H,(H2,24,30)(H2,26,27,29,31). The molecule has 0 saturated heterocycles. The number of primary amides is 1. The van der Waals surface area contributed by atoms with Crippen molar-refractivity contribution >= 4 is 80.2 Å². The topological polar surface area (TPSA) is 102 Å². The molecule has 31 heavy (non-hydrogen) atoms. The quantitative estimate of drug-likeness (QED) is 0.326. The van der Waals surface area contributed by atoms with E-state index in [0.29, 0.717) is 15.7 Å². The molecule has 0 aliphatic rings. The summed E-state index contributed by atoms with van der Waals surface area (Å²) in [5, 5.41) is 10.1. The fourth-order valence-corrected chi connectivity index (χ4v) is 3.44. The van der Waals surface area contributed by atoms with E-state index in [0.717, 1.165) is 10.0 Å². The van der Waals surface area contributed by atoms with Crippen molar-refractivity contribution in [3.63, 3.8) is 0 Å². The van der Waals surface area contributed by atoms with Gasteiger partial charge in [-0.1, -0.05) is 51.3 Å². The summed E-state index contributed by atoms with van der Waals surface area (Å²) in [5.74, 6) is -1.01. The molecule has 3 rings (SSSR count). The molecule has 0 spiro atoms. The number of carbonyl (C=O) groups is 2. The molecule has 2 aromatic carbocycles. The van der Waals surface area contributed by atoms with Crippen molar-refractivity contribution in [1.29, 1.82) is 0 Å². The molecule has 1 aromatic heterocycles. The molecule has 1 heterocycles. The van der Waals surface area contributed by atoms with Crippen LogP contribution in [0.5, 0.6) is 0 Å². The van der Waals surface area contributed by atoms with Gasteiger partial charge in [0, 0.05) is 10.5 Å². The van der Waals surface area contributed by atoms with Crippen molar-refractivity contribution in [1.82, 2.24) is 15.1 Å². The number of rotatable bonds is 5. The highest BCUT2D eigenvalue weighted by Crippen LogP contribution is 2.27. The molecule has 0 saturated carbocycles. The second kappa shape index (κ2) is 10.1. The highest BCUT2D eigenvalue weighted by atomic mass is 79.9. The third kappa shape index (κ3) is 5.92. The van der Waals surface area contributed by atoms with Gasteiger partial charge in [0.1, 0.15) is 11.4 Å². The Kier molecular flexibility index (Phi) is 7.45. The van der Waals surface area contributed by atoms with Gasteiger partial charge in [-0.2, -0.15) is 5.10 Å². The maximum atomic E-state index is 12.2. The molecule has 0 bridgehead atoms. The zero-order chi connectivity index (χ0) is 22.5. The van der Waals surface area contributed by atoms with E-state index in [4.69, 9.17) is 41.2 Å². The molecule has 0 fully saturated rings. The first kappa shape index (κ1) is 23.0. The van der Waals surface area contributed by atoms with E-state index in [1.165, 1.54) is 17.0 Å². The average Bonchev–Trinajstić information content (AvgIpc) is 3.12. The maximum absolute atomic E-state index is 12.2. The van der Waals surface area contributed by atoms with Crippen molar-refractivity contribution in [2.24, 2.45) is 5.73 Å². The zero-order valence-corrected chi connectivity index (χ0v) is 19.5. The normalized spacial score (nSPS) is 10.8. The first-order chi connectivity index (χ1) is 14.7. The Hall–Kier alpha value is -2.72. The number of anilines is 1. The number of halogens is 3. The summed E-state index contributed by atoms with van der Waals surface area (Å²) in [6.07, 6.45) is 4.25. The molecular weight excluding hydrogens is 525 g/mol. The van der Waals surface area contributed by atoms with Crippen LogP contribution in [0.4, 0.5) is 5.82 Å². The number of carbonyl (C=O) groups excluding carboxylic acids is 2. The molecule has 2 amide bonds. The van der Waals surface area contributed by atoms with Gasteiger partial charge < -0.3 is 11.1 Å². The Bertz CT molecular complexity index is 1210. The van der Waals surface area contributed by atoms with Gasteiger partial charge in [0.05, 0.1) is 21.9 Å². The van der Waals surface area contributed by atoms with Crippen molar-refractivity contribution < 1.29 is 9.59 Å². The zero-order valence-electron chi connectivity index (χ0n) is 15.6. The van der Waals surface area contributed by atoms with Gasteiger partial charge in [0.15, 0.2) is 5.11 Å². The fraction of sp³-hybridized carbons (Fsp3) is 0. The first-order valence-electron chi connectivity index (χ1n) is 8.63. The van der Waals surface area contributed by atoms with E-state index >= 15 is 0 Å². The highest BCUT2D eigenvalue weighted by molar-refractivity contribution is 9.10. The first-order valence-corrected chi connectivity index (χ1v) is 10.6. The van der Waals surface area contributed by atoms with Crippen molar-refractivity contribution in [3.8, 4) is 5.69 Å². The maximum Gasteiger partial charge on any atom is 0.254 e. The molecule has 0 aliphatic carbocycles. The predicted octanol–water partition coefficient (Wildman–Crippen LogP) is 4.57. The number of nitrogens with zero attached hydrogens (tertiary/aromatic N) is 2. The molecule has 11 heteroatoms. The van der Waals surface area contributed by atoms with Crippen LogP contribution in [-0.4, -0.2) is 26.7 Å². The third-order valence-corrected chi connectivity index (χ3v) is 5.36. The molecular formula is C20H14BrCl2N5O2S. The monoisotopic (exact) mass is 537 g/mol. The number of benzene rings is 2. The minimum absolute atomic E-state index is 0.0480. The molecule has 0 atom stereocenters. The van der Waals surface area contributed by atoms with Crippen LogP contribution in [0.15, 0.2) is 59.2 Å². The van der Waals surface area contributed by atoms with E-state index in [9.17, 15) is 9.59 Å².